The minimum Gasteiger partial charge on any atom is -0.357 e. The monoisotopic (exact) mass is 523 g/mol. The molecule has 4 rings (SSSR count). The van der Waals surface area contributed by atoms with Crippen molar-refractivity contribution in [2.24, 2.45) is 4.99 Å². The third-order valence-electron chi connectivity index (χ3n) is 5.53. The molecule has 2 aliphatic heterocycles. The average Bonchev–Trinajstić information content (AvgIpc) is 2.95. The maximum atomic E-state index is 12.0. The van der Waals surface area contributed by atoms with Crippen LogP contribution < -0.4 is 16.0 Å². The van der Waals surface area contributed by atoms with Crippen LogP contribution in [0, 0.1) is 0 Å². The first-order valence-corrected chi connectivity index (χ1v) is 10.6. The largest absolute Gasteiger partial charge is 0.357 e. The van der Waals surface area contributed by atoms with Crippen molar-refractivity contribution in [1.29, 1.82) is 0 Å². The van der Waals surface area contributed by atoms with Gasteiger partial charge in [-0.3, -0.25) is 4.79 Å². The SMILES string of the molecule is CCNC(=NCc1nnc2n1CCCCC2)NCC1CC(=O)Nc2ccccc21.I. The molecule has 1 amide bonds. The van der Waals surface area contributed by atoms with Gasteiger partial charge in [0, 0.05) is 44.1 Å². The molecule has 0 saturated carbocycles. The number of fused-ring (bicyclic) bond motifs is 2. The van der Waals surface area contributed by atoms with Crippen LogP contribution in [0.15, 0.2) is 29.3 Å². The maximum absolute atomic E-state index is 12.0. The van der Waals surface area contributed by atoms with E-state index in [1.807, 2.05) is 25.1 Å². The van der Waals surface area contributed by atoms with Crippen LogP contribution in [-0.4, -0.2) is 39.7 Å². The molecule has 0 aliphatic carbocycles. The smallest absolute Gasteiger partial charge is 0.225 e. The first kappa shape index (κ1) is 22.5. The number of rotatable bonds is 5. The maximum Gasteiger partial charge on any atom is 0.225 e. The number of aryl methyl sites for hydroxylation is 1. The topological polar surface area (TPSA) is 96.2 Å². The summed E-state index contributed by atoms with van der Waals surface area (Å²) in [7, 11) is 0. The summed E-state index contributed by atoms with van der Waals surface area (Å²) in [5, 5.41) is 18.4. The second-order valence-corrected chi connectivity index (χ2v) is 7.61. The van der Waals surface area contributed by atoms with Crippen LogP contribution in [-0.2, 0) is 24.3 Å². The molecule has 1 unspecified atom stereocenters. The number of amides is 1. The number of nitrogens with one attached hydrogen (secondary N) is 3. The van der Waals surface area contributed by atoms with E-state index in [1.165, 1.54) is 24.8 Å². The number of carbonyl (C=O) groups excluding carboxylic acids is 1. The van der Waals surface area contributed by atoms with Gasteiger partial charge in [0.15, 0.2) is 11.8 Å². The first-order valence-electron chi connectivity index (χ1n) is 10.6. The molecule has 2 aromatic rings. The molecule has 2 aliphatic rings. The number of guanidine groups is 1. The number of aromatic nitrogens is 3. The Balaban J connectivity index is 0.00000256. The van der Waals surface area contributed by atoms with Crippen LogP contribution in [0.4, 0.5) is 5.69 Å². The average molecular weight is 523 g/mol. The van der Waals surface area contributed by atoms with Crippen LogP contribution in [0.25, 0.3) is 0 Å². The molecule has 0 radical (unpaired) electrons. The summed E-state index contributed by atoms with van der Waals surface area (Å²) in [6.45, 7) is 4.93. The predicted molar refractivity (Wildman–Crippen MR) is 128 cm³/mol. The van der Waals surface area contributed by atoms with Crippen molar-refractivity contribution in [3.05, 3.63) is 41.5 Å². The summed E-state index contributed by atoms with van der Waals surface area (Å²) in [4.78, 5) is 16.8. The highest BCUT2D eigenvalue weighted by Crippen LogP contribution is 2.31. The van der Waals surface area contributed by atoms with Crippen LogP contribution in [0.2, 0.25) is 0 Å². The molecule has 0 bridgehead atoms. The molecule has 30 heavy (non-hydrogen) atoms. The van der Waals surface area contributed by atoms with Gasteiger partial charge in [-0.2, -0.15) is 0 Å². The van der Waals surface area contributed by atoms with Crippen molar-refractivity contribution in [1.82, 2.24) is 25.4 Å². The molecule has 1 aromatic heterocycles. The second-order valence-electron chi connectivity index (χ2n) is 7.61. The van der Waals surface area contributed by atoms with E-state index < -0.39 is 0 Å². The summed E-state index contributed by atoms with van der Waals surface area (Å²) in [5.41, 5.74) is 2.07. The molecule has 9 heteroatoms. The van der Waals surface area contributed by atoms with E-state index >= 15 is 0 Å². The fourth-order valence-electron chi connectivity index (χ4n) is 4.06. The van der Waals surface area contributed by atoms with E-state index in [0.717, 1.165) is 42.8 Å². The van der Waals surface area contributed by atoms with Crippen molar-refractivity contribution in [2.75, 3.05) is 18.4 Å². The zero-order chi connectivity index (χ0) is 20.1. The summed E-state index contributed by atoms with van der Waals surface area (Å²) in [6.07, 6.45) is 5.07. The molecule has 162 valence electrons. The fourth-order valence-corrected chi connectivity index (χ4v) is 4.06. The van der Waals surface area contributed by atoms with E-state index in [-0.39, 0.29) is 35.8 Å². The Morgan fingerprint density at radius 2 is 2.10 bits per heavy atom. The molecule has 1 atom stereocenters. The number of para-hydroxylation sites is 1. The van der Waals surface area contributed by atoms with Crippen LogP contribution in [0.1, 0.15) is 55.7 Å². The van der Waals surface area contributed by atoms with Gasteiger partial charge in [0.2, 0.25) is 5.91 Å². The Labute approximate surface area is 194 Å². The number of anilines is 1. The number of halogens is 1. The molecular formula is C21H30IN7O. The number of benzene rings is 1. The van der Waals surface area contributed by atoms with Crippen molar-refractivity contribution < 1.29 is 4.79 Å². The Morgan fingerprint density at radius 1 is 1.23 bits per heavy atom. The molecule has 8 nitrogen and oxygen atoms in total. The van der Waals surface area contributed by atoms with E-state index in [2.05, 4.69) is 36.8 Å². The molecule has 0 fully saturated rings. The number of aliphatic imine (C=N–C) groups is 1. The van der Waals surface area contributed by atoms with Crippen LogP contribution in [0.3, 0.4) is 0 Å². The van der Waals surface area contributed by atoms with Gasteiger partial charge in [-0.05, 0) is 31.4 Å². The fraction of sp³-hybridized carbons (Fsp3) is 0.524. The van der Waals surface area contributed by atoms with Gasteiger partial charge < -0.3 is 20.5 Å². The van der Waals surface area contributed by atoms with Crippen molar-refractivity contribution in [2.45, 2.75) is 58.0 Å². The lowest BCUT2D eigenvalue weighted by Gasteiger charge is -2.26. The Kier molecular flexibility index (Phi) is 8.06. The van der Waals surface area contributed by atoms with Crippen LogP contribution in [0.5, 0.6) is 0 Å². The second kappa shape index (κ2) is 10.7. The van der Waals surface area contributed by atoms with E-state index in [1.54, 1.807) is 0 Å². The Hall–Kier alpha value is -2.17. The number of carbonyl (C=O) groups is 1. The lowest BCUT2D eigenvalue weighted by molar-refractivity contribution is -0.116. The summed E-state index contributed by atoms with van der Waals surface area (Å²) in [6, 6.07) is 7.99. The standard InChI is InChI=1S/C21H29N7O.HI/c1-2-22-21(24-14-19-27-26-18-10-4-3-7-11-28(18)19)23-13-15-12-20(29)25-17-9-6-5-8-16(15)17;/h5-6,8-9,15H,2-4,7,10-14H2,1H3,(H,25,29)(H2,22,23,24);1H. The third kappa shape index (κ3) is 5.30. The number of hydrogen-bond donors (Lipinski definition) is 3. The van der Waals surface area contributed by atoms with Gasteiger partial charge in [-0.25, -0.2) is 4.99 Å². The molecule has 1 aromatic carbocycles. The van der Waals surface area contributed by atoms with Gasteiger partial charge in [0.05, 0.1) is 0 Å². The van der Waals surface area contributed by atoms with Crippen molar-refractivity contribution >= 4 is 41.5 Å². The molecule has 0 spiro atoms. The minimum atomic E-state index is 0. The zero-order valence-corrected chi connectivity index (χ0v) is 19.7. The van der Waals surface area contributed by atoms with E-state index in [4.69, 9.17) is 4.99 Å². The highest BCUT2D eigenvalue weighted by Gasteiger charge is 2.24. The molecule has 3 N–H and O–H groups in total. The third-order valence-corrected chi connectivity index (χ3v) is 5.53. The van der Waals surface area contributed by atoms with Gasteiger partial charge in [0.1, 0.15) is 12.4 Å². The van der Waals surface area contributed by atoms with Gasteiger partial charge >= 0.3 is 0 Å². The summed E-state index contributed by atoms with van der Waals surface area (Å²) in [5.74, 6) is 2.91. The van der Waals surface area contributed by atoms with Gasteiger partial charge in [0.25, 0.3) is 0 Å². The Bertz CT molecular complexity index is 895. The first-order chi connectivity index (χ1) is 14.2. The lowest BCUT2D eigenvalue weighted by atomic mass is 9.90. The zero-order valence-electron chi connectivity index (χ0n) is 17.4. The predicted octanol–water partition coefficient (Wildman–Crippen LogP) is 2.80. The summed E-state index contributed by atoms with van der Waals surface area (Å²) < 4.78 is 2.22. The molecular weight excluding hydrogens is 493 g/mol. The normalized spacial score (nSPS) is 18.4. The highest BCUT2D eigenvalue weighted by atomic mass is 127. The van der Waals surface area contributed by atoms with Gasteiger partial charge in [-0.15, -0.1) is 34.2 Å². The summed E-state index contributed by atoms with van der Waals surface area (Å²) >= 11 is 0. The van der Waals surface area contributed by atoms with Gasteiger partial charge in [-0.1, -0.05) is 24.6 Å². The quantitative estimate of drug-likeness (QED) is 0.318. The molecule has 3 heterocycles. The minimum absolute atomic E-state index is 0. The van der Waals surface area contributed by atoms with Crippen molar-refractivity contribution in [3.8, 4) is 0 Å². The highest BCUT2D eigenvalue weighted by molar-refractivity contribution is 14.0. The van der Waals surface area contributed by atoms with E-state index in [9.17, 15) is 4.79 Å². The Morgan fingerprint density at radius 3 is 2.97 bits per heavy atom. The van der Waals surface area contributed by atoms with E-state index in [0.29, 0.717) is 19.5 Å². The van der Waals surface area contributed by atoms with Crippen molar-refractivity contribution in [3.63, 3.8) is 0 Å². The van der Waals surface area contributed by atoms with Crippen LogP contribution >= 0.6 is 24.0 Å². The number of hydrogen-bond acceptors (Lipinski definition) is 4. The lowest BCUT2D eigenvalue weighted by Crippen LogP contribution is -2.40. The molecule has 0 saturated heterocycles. The number of nitrogens with zero attached hydrogens (tertiary/aromatic N) is 4.